The number of hydrogen-bond acceptors (Lipinski definition) is 8. The van der Waals surface area contributed by atoms with Gasteiger partial charge < -0.3 is 19.4 Å². The first-order valence-corrected chi connectivity index (χ1v) is 17.1. The predicted molar refractivity (Wildman–Crippen MR) is 164 cm³/mol. The van der Waals surface area contributed by atoms with Crippen LogP contribution in [0.15, 0.2) is 56.8 Å². The number of aromatic nitrogens is 1. The van der Waals surface area contributed by atoms with Crippen LogP contribution in [0.3, 0.4) is 0 Å². The number of thiazole rings is 1. The van der Waals surface area contributed by atoms with Gasteiger partial charge in [-0.1, -0.05) is 27.3 Å². The number of H-pyrrole nitrogens is 1. The lowest BCUT2D eigenvalue weighted by molar-refractivity contribution is -0.137. The zero-order valence-electron chi connectivity index (χ0n) is 23.2. The lowest BCUT2D eigenvalue weighted by Crippen LogP contribution is -2.43. The Morgan fingerprint density at radius 2 is 1.77 bits per heavy atom. The Morgan fingerprint density at radius 1 is 1.05 bits per heavy atom. The average Bonchev–Trinajstić information content (AvgIpc) is 3.76. The lowest BCUT2D eigenvalue weighted by Gasteiger charge is -2.43. The van der Waals surface area contributed by atoms with E-state index >= 15 is 0 Å². The van der Waals surface area contributed by atoms with E-state index in [1.54, 1.807) is 16.7 Å². The van der Waals surface area contributed by atoms with Gasteiger partial charge in [0.05, 0.1) is 35.8 Å². The molecule has 3 aromatic rings. The Kier molecular flexibility index (Phi) is 7.00. The first-order chi connectivity index (χ1) is 21.3. The van der Waals surface area contributed by atoms with Crippen LogP contribution in [0.4, 0.5) is 10.1 Å². The number of ether oxygens (including phenoxy) is 2. The third-order valence-electron chi connectivity index (χ3n) is 9.83. The van der Waals surface area contributed by atoms with Crippen molar-refractivity contribution < 1.29 is 28.2 Å². The summed E-state index contributed by atoms with van der Waals surface area (Å²) in [6, 6.07) is 11.2. The summed E-state index contributed by atoms with van der Waals surface area (Å²) < 4.78 is 26.1. The Bertz CT molecular complexity index is 1740. The summed E-state index contributed by atoms with van der Waals surface area (Å²) in [6.07, 6.45) is 0.738. The fourth-order valence-electron chi connectivity index (χ4n) is 8.15. The molecule has 0 radical (unpaired) electrons. The highest BCUT2D eigenvalue weighted by molar-refractivity contribution is 9.10. The van der Waals surface area contributed by atoms with Crippen LogP contribution in [0.2, 0.25) is 0 Å². The van der Waals surface area contributed by atoms with E-state index in [9.17, 15) is 23.6 Å². The largest absolute Gasteiger partial charge is 0.483 e. The number of aromatic amines is 1. The van der Waals surface area contributed by atoms with E-state index in [1.165, 1.54) is 40.5 Å². The van der Waals surface area contributed by atoms with Crippen molar-refractivity contribution in [1.29, 1.82) is 0 Å². The first kappa shape index (κ1) is 28.5. The molecule has 13 heteroatoms. The van der Waals surface area contributed by atoms with Gasteiger partial charge in [0.1, 0.15) is 11.6 Å². The van der Waals surface area contributed by atoms with Gasteiger partial charge in [0, 0.05) is 39.2 Å². The molecule has 4 heterocycles. The van der Waals surface area contributed by atoms with E-state index in [2.05, 4.69) is 20.9 Å². The molecule has 0 spiro atoms. The van der Waals surface area contributed by atoms with Crippen LogP contribution in [-0.4, -0.2) is 65.8 Å². The van der Waals surface area contributed by atoms with E-state index in [1.807, 2.05) is 18.2 Å². The number of benzene rings is 2. The fraction of sp³-hybridized carbons (Fsp3) is 0.419. The number of nitrogens with zero attached hydrogens (tertiary/aromatic N) is 2. The Morgan fingerprint density at radius 3 is 2.52 bits per heavy atom. The van der Waals surface area contributed by atoms with Crippen molar-refractivity contribution in [3.63, 3.8) is 0 Å². The number of thioether (sulfide) groups is 1. The van der Waals surface area contributed by atoms with Crippen LogP contribution in [-0.2, 0) is 19.1 Å². The van der Waals surface area contributed by atoms with Gasteiger partial charge in [-0.25, -0.2) is 4.39 Å². The van der Waals surface area contributed by atoms with Crippen molar-refractivity contribution in [2.24, 2.45) is 29.6 Å². The third-order valence-corrected chi connectivity index (χ3v) is 12.9. The second-order valence-electron chi connectivity index (χ2n) is 11.9. The molecule has 2 aromatic carbocycles. The van der Waals surface area contributed by atoms with Gasteiger partial charge in [-0.05, 0) is 66.6 Å². The number of carbonyl (C=O) groups excluding carboxylic acids is 3. The summed E-state index contributed by atoms with van der Waals surface area (Å²) in [5.74, 6) is -1.88. The number of morpholine rings is 1. The second-order valence-corrected chi connectivity index (χ2v) is 15.0. The maximum atomic E-state index is 14.0. The van der Waals surface area contributed by atoms with Crippen molar-refractivity contribution in [2.75, 3.05) is 37.8 Å². The van der Waals surface area contributed by atoms with Crippen LogP contribution in [0.1, 0.15) is 22.8 Å². The Labute approximate surface area is 268 Å². The molecule has 8 rings (SSSR count). The molecular formula is C31H27BrFN3O6S2. The number of halogens is 2. The molecule has 9 nitrogen and oxygen atoms in total. The molecule has 5 aliphatic rings. The number of fused-ring (bicyclic) bond motifs is 9. The zero-order chi connectivity index (χ0) is 30.3. The Balaban J connectivity index is 1.16. The summed E-state index contributed by atoms with van der Waals surface area (Å²) in [4.78, 5) is 60.2. The molecule has 2 bridgehead atoms. The molecule has 3 aliphatic heterocycles. The van der Waals surface area contributed by atoms with E-state index < -0.39 is 17.7 Å². The van der Waals surface area contributed by atoms with Crippen molar-refractivity contribution in [1.82, 2.24) is 9.88 Å². The summed E-state index contributed by atoms with van der Waals surface area (Å²) in [5, 5.41) is 0.786. The molecular weight excluding hydrogens is 673 g/mol. The summed E-state index contributed by atoms with van der Waals surface area (Å²) >= 11 is 6.39. The summed E-state index contributed by atoms with van der Waals surface area (Å²) in [7, 11) is 0. The number of hydrogen-bond donors (Lipinski definition) is 1. The second kappa shape index (κ2) is 10.8. The van der Waals surface area contributed by atoms with Crippen LogP contribution in [0, 0.1) is 35.4 Å². The zero-order valence-corrected chi connectivity index (χ0v) is 26.5. The molecule has 3 amide bonds. The van der Waals surface area contributed by atoms with Crippen LogP contribution in [0.25, 0.3) is 0 Å². The molecule has 2 aliphatic carbocycles. The van der Waals surface area contributed by atoms with E-state index in [0.29, 0.717) is 37.7 Å². The Hall–Kier alpha value is -3.00. The number of nitrogens with one attached hydrogen (secondary N) is 1. The van der Waals surface area contributed by atoms with Crippen molar-refractivity contribution >= 4 is 62.4 Å². The number of amides is 3. The summed E-state index contributed by atoms with van der Waals surface area (Å²) in [5.41, 5.74) is 1.23. The van der Waals surface area contributed by atoms with Gasteiger partial charge in [0.25, 0.3) is 5.91 Å². The molecule has 1 N–H and O–H groups in total. The number of imide groups is 1. The van der Waals surface area contributed by atoms with Crippen molar-refractivity contribution in [3.8, 4) is 5.75 Å². The van der Waals surface area contributed by atoms with E-state index in [0.717, 1.165) is 26.4 Å². The molecule has 44 heavy (non-hydrogen) atoms. The number of carbonyl (C=O) groups is 3. The van der Waals surface area contributed by atoms with Gasteiger partial charge in [-0.3, -0.25) is 24.1 Å². The average molecular weight is 701 g/mol. The van der Waals surface area contributed by atoms with Gasteiger partial charge in [0.15, 0.2) is 6.61 Å². The number of anilines is 1. The monoisotopic (exact) mass is 699 g/mol. The lowest BCUT2D eigenvalue weighted by atomic mass is 9.68. The van der Waals surface area contributed by atoms with Gasteiger partial charge in [0.2, 0.25) is 11.8 Å². The van der Waals surface area contributed by atoms with Crippen molar-refractivity contribution in [3.05, 3.63) is 72.9 Å². The summed E-state index contributed by atoms with van der Waals surface area (Å²) in [6.45, 7) is 1.91. The minimum absolute atomic E-state index is 0.00395. The van der Waals surface area contributed by atoms with Gasteiger partial charge >= 0.3 is 4.87 Å². The highest BCUT2D eigenvalue weighted by atomic mass is 79.9. The standard InChI is InChI=1S/C31H27BrFN3O6S2/c32-14-1-6-20(42-13-21(37)35-7-9-41-10-8-35)17(11-14)22-23-18-12-19(26(23)43-28-27(22)44-31(40)34-28)25-24(18)29(38)36(30(25)39)16-4-2-15(33)3-5-16/h1-6,11,18-19,22-26H,7-10,12-13H2,(H,34,40)/t18-,19-,22+,23-,24+,25+,26-/m1/s1. The molecule has 0 unspecified atom stereocenters. The maximum absolute atomic E-state index is 14.0. The molecule has 2 saturated carbocycles. The molecule has 2 saturated heterocycles. The quantitative estimate of drug-likeness (QED) is 0.397. The number of rotatable bonds is 5. The predicted octanol–water partition coefficient (Wildman–Crippen LogP) is 4.25. The molecule has 228 valence electrons. The third kappa shape index (κ3) is 4.41. The fourth-order valence-corrected chi connectivity index (χ4v) is 11.4. The van der Waals surface area contributed by atoms with Gasteiger partial charge in [-0.15, -0.1) is 11.8 Å². The smallest absolute Gasteiger partial charge is 0.305 e. The van der Waals surface area contributed by atoms with Crippen LogP contribution in [0.5, 0.6) is 5.75 Å². The molecule has 4 fully saturated rings. The van der Waals surface area contributed by atoms with Gasteiger partial charge in [-0.2, -0.15) is 0 Å². The van der Waals surface area contributed by atoms with E-state index in [4.69, 9.17) is 9.47 Å². The maximum Gasteiger partial charge on any atom is 0.305 e. The molecule has 1 aromatic heterocycles. The van der Waals surface area contributed by atoms with Crippen LogP contribution < -0.4 is 14.5 Å². The highest BCUT2D eigenvalue weighted by Crippen LogP contribution is 2.69. The minimum Gasteiger partial charge on any atom is -0.483 e. The molecule has 7 atom stereocenters. The minimum atomic E-state index is -0.487. The van der Waals surface area contributed by atoms with Crippen LogP contribution >= 0.6 is 39.0 Å². The SMILES string of the molecule is O=C(COc1ccc(Br)cc1[C@@H]1c2sc(=O)[nH]c2S[C@@H]2[C@@H]3C[C@@H]([C@@H]4C(=O)N(c5ccc(F)cc5)C(=O)[C@@H]34)[C@H]12)N1CCOCC1. The topological polar surface area (TPSA) is 109 Å². The first-order valence-electron chi connectivity index (χ1n) is 14.6. The van der Waals surface area contributed by atoms with E-state index in [-0.39, 0.29) is 58.1 Å². The van der Waals surface area contributed by atoms with Crippen molar-refractivity contribution in [2.45, 2.75) is 22.6 Å². The highest BCUT2D eigenvalue weighted by Gasteiger charge is 2.69. The normalized spacial score (nSPS) is 30.4.